The van der Waals surface area contributed by atoms with E-state index in [1.807, 2.05) is 42.5 Å². The zero-order valence-electron chi connectivity index (χ0n) is 19.1. The average molecular weight is 438 g/mol. The van der Waals surface area contributed by atoms with Crippen molar-refractivity contribution in [1.29, 1.82) is 0 Å². The van der Waals surface area contributed by atoms with Crippen molar-refractivity contribution in [2.24, 2.45) is 11.7 Å². The zero-order valence-corrected chi connectivity index (χ0v) is 19.1. The number of phenols is 1. The van der Waals surface area contributed by atoms with Crippen molar-refractivity contribution in [3.05, 3.63) is 65.7 Å². The first-order chi connectivity index (χ1) is 15.3. The fraction of sp³-hybridized carbons (Fsp3) is 0.462. The summed E-state index contributed by atoms with van der Waals surface area (Å²) < 4.78 is 0. The molecule has 2 amide bonds. The number of carbonyl (C=O) groups excluding carboxylic acids is 2. The summed E-state index contributed by atoms with van der Waals surface area (Å²) in [6.45, 7) is 7.52. The summed E-state index contributed by atoms with van der Waals surface area (Å²) in [5.41, 5.74) is 7.38. The molecule has 0 aliphatic carbocycles. The lowest BCUT2D eigenvalue weighted by molar-refractivity contribution is -0.123. The number of hydrogen-bond donors (Lipinski definition) is 3. The lowest BCUT2D eigenvalue weighted by Gasteiger charge is -2.45. The molecule has 0 saturated carbocycles. The summed E-state index contributed by atoms with van der Waals surface area (Å²) >= 11 is 0. The van der Waals surface area contributed by atoms with Crippen LogP contribution < -0.4 is 11.1 Å². The van der Waals surface area contributed by atoms with Crippen molar-refractivity contribution >= 4 is 11.8 Å². The molecule has 3 rings (SSSR count). The summed E-state index contributed by atoms with van der Waals surface area (Å²) in [4.78, 5) is 26.3. The second-order valence-corrected chi connectivity index (χ2v) is 9.18. The smallest absolute Gasteiger partial charge is 0.227 e. The van der Waals surface area contributed by atoms with E-state index in [9.17, 15) is 14.7 Å². The summed E-state index contributed by atoms with van der Waals surface area (Å²) in [5, 5.41) is 12.8. The van der Waals surface area contributed by atoms with E-state index < -0.39 is 5.91 Å². The Hall–Kier alpha value is -2.86. The molecule has 0 radical (unpaired) electrons. The van der Waals surface area contributed by atoms with Gasteiger partial charge in [-0.15, -0.1) is 0 Å². The molecule has 1 aliphatic rings. The number of phenolic OH excluding ortho intramolecular Hbond substituents is 1. The van der Waals surface area contributed by atoms with Gasteiger partial charge in [0, 0.05) is 19.5 Å². The molecule has 1 heterocycles. The first-order valence-corrected chi connectivity index (χ1v) is 11.4. The van der Waals surface area contributed by atoms with Crippen molar-refractivity contribution in [3.8, 4) is 5.75 Å². The van der Waals surface area contributed by atoms with E-state index in [1.165, 1.54) is 5.56 Å². The van der Waals surface area contributed by atoms with Crippen LogP contribution in [0, 0.1) is 5.92 Å². The van der Waals surface area contributed by atoms with Gasteiger partial charge in [-0.3, -0.25) is 9.59 Å². The molecule has 3 atom stereocenters. The minimum Gasteiger partial charge on any atom is -0.508 e. The number of piperidine rings is 1. The fourth-order valence-corrected chi connectivity index (χ4v) is 4.69. The van der Waals surface area contributed by atoms with Gasteiger partial charge < -0.3 is 21.1 Å². The minimum absolute atomic E-state index is 0.0141. The number of nitrogens with one attached hydrogen (secondary N) is 1. The van der Waals surface area contributed by atoms with E-state index in [0.29, 0.717) is 18.1 Å². The molecule has 2 aromatic rings. The number of nitrogens with zero attached hydrogens (tertiary/aromatic N) is 1. The van der Waals surface area contributed by atoms with Crippen molar-refractivity contribution in [3.63, 3.8) is 0 Å². The van der Waals surface area contributed by atoms with Crippen LogP contribution in [-0.4, -0.2) is 48.0 Å². The van der Waals surface area contributed by atoms with Crippen LogP contribution in [-0.2, 0) is 15.0 Å². The standard InChI is InChI=1S/C26H35N3O3/c1-19-18-29(16-13-26(19,2)21-9-6-10-22(30)17-21)15-12-23(20-7-4-3-5-8-20)25(32)28-14-11-24(27)31/h3-10,17,19,23,30H,11-16,18H2,1-2H3,(H2,27,31)(H,28,32). The molecule has 0 aromatic heterocycles. The molecule has 6 nitrogen and oxygen atoms in total. The van der Waals surface area contributed by atoms with Gasteiger partial charge >= 0.3 is 0 Å². The maximum absolute atomic E-state index is 12.9. The van der Waals surface area contributed by atoms with Crippen LogP contribution in [0.15, 0.2) is 54.6 Å². The first-order valence-electron chi connectivity index (χ1n) is 11.4. The third-order valence-corrected chi connectivity index (χ3v) is 7.00. The Labute approximate surface area is 190 Å². The SMILES string of the molecule is CC1CN(CCC(C(=O)NCCC(N)=O)c2ccccc2)CCC1(C)c1cccc(O)c1. The van der Waals surface area contributed by atoms with E-state index in [-0.39, 0.29) is 30.2 Å². The number of nitrogens with two attached hydrogens (primary N) is 1. The van der Waals surface area contributed by atoms with Gasteiger partial charge in [0.1, 0.15) is 5.75 Å². The largest absolute Gasteiger partial charge is 0.508 e. The van der Waals surface area contributed by atoms with Crippen molar-refractivity contribution in [2.75, 3.05) is 26.2 Å². The Balaban J connectivity index is 1.62. The number of carbonyl (C=O) groups is 2. The maximum Gasteiger partial charge on any atom is 0.227 e. The summed E-state index contributed by atoms with van der Waals surface area (Å²) in [5.74, 6) is -0.0199. The Morgan fingerprint density at radius 1 is 1.22 bits per heavy atom. The number of benzene rings is 2. The van der Waals surface area contributed by atoms with Crippen LogP contribution in [0.25, 0.3) is 0 Å². The Kier molecular flexibility index (Phi) is 7.91. The summed E-state index contributed by atoms with van der Waals surface area (Å²) in [6, 6.07) is 17.4. The van der Waals surface area contributed by atoms with Crippen molar-refractivity contribution in [1.82, 2.24) is 10.2 Å². The minimum atomic E-state index is -0.418. The molecule has 1 aliphatic heterocycles. The van der Waals surface area contributed by atoms with Crippen LogP contribution >= 0.6 is 0 Å². The van der Waals surface area contributed by atoms with Gasteiger partial charge in [-0.05, 0) is 60.5 Å². The zero-order chi connectivity index (χ0) is 23.1. The van der Waals surface area contributed by atoms with Crippen LogP contribution in [0.1, 0.15) is 50.2 Å². The van der Waals surface area contributed by atoms with E-state index in [2.05, 4.69) is 30.1 Å². The third kappa shape index (κ3) is 5.88. The molecule has 2 aromatic carbocycles. The van der Waals surface area contributed by atoms with Crippen molar-refractivity contribution < 1.29 is 14.7 Å². The number of amides is 2. The van der Waals surface area contributed by atoms with Crippen LogP contribution in [0.5, 0.6) is 5.75 Å². The Bertz CT molecular complexity index is 918. The van der Waals surface area contributed by atoms with Crippen molar-refractivity contribution in [2.45, 2.75) is 44.4 Å². The quantitative estimate of drug-likeness (QED) is 0.562. The second-order valence-electron chi connectivity index (χ2n) is 9.18. The van der Waals surface area contributed by atoms with Gasteiger partial charge in [0.05, 0.1) is 5.92 Å². The van der Waals surface area contributed by atoms with Gasteiger partial charge in [-0.2, -0.15) is 0 Å². The topological polar surface area (TPSA) is 95.7 Å². The molecule has 172 valence electrons. The highest BCUT2D eigenvalue weighted by molar-refractivity contribution is 5.84. The van der Waals surface area contributed by atoms with E-state index in [0.717, 1.165) is 31.6 Å². The highest BCUT2D eigenvalue weighted by atomic mass is 16.3. The summed E-state index contributed by atoms with van der Waals surface area (Å²) in [6.07, 6.45) is 1.85. The predicted molar refractivity (Wildman–Crippen MR) is 126 cm³/mol. The van der Waals surface area contributed by atoms with Gasteiger partial charge in [0.15, 0.2) is 0 Å². The molecular formula is C26H35N3O3. The molecule has 1 fully saturated rings. The molecular weight excluding hydrogens is 402 g/mol. The predicted octanol–water partition coefficient (Wildman–Crippen LogP) is 3.16. The molecule has 0 bridgehead atoms. The normalized spacial score (nSPS) is 22.2. The van der Waals surface area contributed by atoms with Gasteiger partial charge in [0.2, 0.25) is 11.8 Å². The number of likely N-dealkylation sites (tertiary alicyclic amines) is 1. The fourth-order valence-electron chi connectivity index (χ4n) is 4.69. The van der Waals surface area contributed by atoms with Gasteiger partial charge in [-0.1, -0.05) is 56.3 Å². The molecule has 4 N–H and O–H groups in total. The van der Waals surface area contributed by atoms with Crippen LogP contribution in [0.4, 0.5) is 0 Å². The number of hydrogen-bond acceptors (Lipinski definition) is 4. The number of aromatic hydroxyl groups is 1. The van der Waals surface area contributed by atoms with E-state index in [4.69, 9.17) is 5.73 Å². The van der Waals surface area contributed by atoms with Crippen LogP contribution in [0.2, 0.25) is 0 Å². The van der Waals surface area contributed by atoms with E-state index in [1.54, 1.807) is 6.07 Å². The summed E-state index contributed by atoms with van der Waals surface area (Å²) in [7, 11) is 0. The molecule has 1 saturated heterocycles. The molecule has 0 spiro atoms. The highest BCUT2D eigenvalue weighted by Crippen LogP contribution is 2.40. The highest BCUT2D eigenvalue weighted by Gasteiger charge is 2.38. The molecule has 6 heteroatoms. The van der Waals surface area contributed by atoms with E-state index >= 15 is 0 Å². The van der Waals surface area contributed by atoms with Gasteiger partial charge in [0.25, 0.3) is 0 Å². The third-order valence-electron chi connectivity index (χ3n) is 7.00. The molecule has 3 unspecified atom stereocenters. The first kappa shape index (κ1) is 23.8. The monoisotopic (exact) mass is 437 g/mol. The van der Waals surface area contributed by atoms with Crippen LogP contribution in [0.3, 0.4) is 0 Å². The average Bonchev–Trinajstić information content (AvgIpc) is 2.77. The molecule has 32 heavy (non-hydrogen) atoms. The second kappa shape index (κ2) is 10.6. The Morgan fingerprint density at radius 2 is 1.97 bits per heavy atom. The number of rotatable bonds is 9. The lowest BCUT2D eigenvalue weighted by Crippen LogP contribution is -2.48. The lowest BCUT2D eigenvalue weighted by atomic mass is 9.68. The number of primary amides is 1. The van der Waals surface area contributed by atoms with Gasteiger partial charge in [-0.25, -0.2) is 0 Å². The maximum atomic E-state index is 12.9. The Morgan fingerprint density at radius 3 is 2.62 bits per heavy atom.